The zero-order valence-corrected chi connectivity index (χ0v) is 16.0. The van der Waals surface area contributed by atoms with Crippen molar-refractivity contribution in [3.05, 3.63) is 29.6 Å². The Labute approximate surface area is 149 Å². The number of pyridine rings is 1. The van der Waals surface area contributed by atoms with E-state index in [1.807, 2.05) is 18.2 Å². The average Bonchev–Trinajstić information content (AvgIpc) is 2.60. The summed E-state index contributed by atoms with van der Waals surface area (Å²) in [5.41, 5.74) is 0. The van der Waals surface area contributed by atoms with Crippen LogP contribution in [0.2, 0.25) is 0 Å². The second-order valence-corrected chi connectivity index (χ2v) is 6.91. The summed E-state index contributed by atoms with van der Waals surface area (Å²) in [6, 6.07) is 5.74. The van der Waals surface area contributed by atoms with E-state index in [4.69, 9.17) is 0 Å². The molecule has 1 rings (SSSR count). The maximum Gasteiger partial charge on any atom is 0.279 e. The fourth-order valence-electron chi connectivity index (χ4n) is 3.17. The van der Waals surface area contributed by atoms with Crippen LogP contribution in [0, 0.1) is 5.21 Å². The highest BCUT2D eigenvalue weighted by Gasteiger charge is 2.15. The minimum atomic E-state index is 0.819. The van der Waals surface area contributed by atoms with Crippen molar-refractivity contribution < 1.29 is 4.73 Å². The van der Waals surface area contributed by atoms with Crippen molar-refractivity contribution in [2.75, 3.05) is 18.0 Å². The highest BCUT2D eigenvalue weighted by atomic mass is 16.5. The van der Waals surface area contributed by atoms with Crippen LogP contribution >= 0.6 is 0 Å². The molecule has 0 N–H and O–H groups in total. The van der Waals surface area contributed by atoms with Crippen LogP contribution in [0.4, 0.5) is 5.82 Å². The van der Waals surface area contributed by atoms with Gasteiger partial charge >= 0.3 is 0 Å². The molecule has 24 heavy (non-hydrogen) atoms. The molecule has 0 aliphatic carbocycles. The Balaban J connectivity index is 2.38. The van der Waals surface area contributed by atoms with Crippen molar-refractivity contribution in [2.24, 2.45) is 0 Å². The van der Waals surface area contributed by atoms with Gasteiger partial charge in [-0.3, -0.25) is 4.90 Å². The topological polar surface area (TPSA) is 30.2 Å². The van der Waals surface area contributed by atoms with E-state index in [-0.39, 0.29) is 0 Å². The molecule has 0 aliphatic heterocycles. The van der Waals surface area contributed by atoms with E-state index in [1.165, 1.54) is 77.0 Å². The zero-order valence-electron chi connectivity index (χ0n) is 16.0. The van der Waals surface area contributed by atoms with Crippen molar-refractivity contribution in [1.29, 1.82) is 0 Å². The van der Waals surface area contributed by atoms with E-state index >= 15 is 0 Å². The van der Waals surface area contributed by atoms with Crippen LogP contribution in [-0.4, -0.2) is 13.1 Å². The third-order valence-corrected chi connectivity index (χ3v) is 4.69. The Morgan fingerprint density at radius 1 is 0.750 bits per heavy atom. The quantitative estimate of drug-likeness (QED) is 0.229. The molecule has 0 amide bonds. The number of rotatable bonds is 15. The summed E-state index contributed by atoms with van der Waals surface area (Å²) in [6.07, 6.45) is 17.2. The van der Waals surface area contributed by atoms with Crippen molar-refractivity contribution in [2.45, 2.75) is 90.9 Å². The lowest BCUT2D eigenvalue weighted by Crippen LogP contribution is -2.38. The summed E-state index contributed by atoms with van der Waals surface area (Å²) < 4.78 is 1.02. The molecule has 0 saturated heterocycles. The van der Waals surface area contributed by atoms with Gasteiger partial charge in [0.15, 0.2) is 0 Å². The summed E-state index contributed by atoms with van der Waals surface area (Å²) in [7, 11) is 0. The Bertz CT molecular complexity index is 393. The molecule has 138 valence electrons. The molecule has 0 fully saturated rings. The Hall–Kier alpha value is -1.25. The molecule has 0 unspecified atom stereocenters. The van der Waals surface area contributed by atoms with Crippen molar-refractivity contribution in [3.8, 4) is 0 Å². The third-order valence-electron chi connectivity index (χ3n) is 4.69. The lowest BCUT2D eigenvalue weighted by molar-refractivity contribution is -0.592. The molecule has 0 saturated carbocycles. The Kier molecular flexibility index (Phi) is 12.2. The smallest absolute Gasteiger partial charge is 0.279 e. The van der Waals surface area contributed by atoms with Crippen LogP contribution in [0.15, 0.2) is 24.4 Å². The molecule has 3 heteroatoms. The van der Waals surface area contributed by atoms with Crippen molar-refractivity contribution >= 4 is 5.82 Å². The summed E-state index contributed by atoms with van der Waals surface area (Å²) in [4.78, 5) is 2.30. The SMILES string of the molecule is CCCCCCCCN(CCCCCCCC)c1cccc[n+]1[O-]. The maximum atomic E-state index is 12.1. The van der Waals surface area contributed by atoms with Crippen LogP contribution in [-0.2, 0) is 0 Å². The van der Waals surface area contributed by atoms with Crippen LogP contribution < -0.4 is 9.63 Å². The zero-order chi connectivity index (χ0) is 17.5. The first-order valence-electron chi connectivity index (χ1n) is 10.2. The molecule has 3 nitrogen and oxygen atoms in total. The average molecular weight is 335 g/mol. The molecule has 0 aromatic carbocycles. The molecule has 0 aliphatic rings. The van der Waals surface area contributed by atoms with Crippen molar-refractivity contribution in [3.63, 3.8) is 0 Å². The third kappa shape index (κ3) is 9.14. The molecule has 0 atom stereocenters. The van der Waals surface area contributed by atoms with E-state index in [0.29, 0.717) is 0 Å². The fourth-order valence-corrected chi connectivity index (χ4v) is 3.17. The predicted octanol–water partition coefficient (Wildman–Crippen LogP) is 5.85. The van der Waals surface area contributed by atoms with Crippen LogP contribution in [0.5, 0.6) is 0 Å². The molecule has 1 heterocycles. The number of anilines is 1. The number of nitrogens with zero attached hydrogens (tertiary/aromatic N) is 2. The fraction of sp³-hybridized carbons (Fsp3) is 0.762. The molecule has 1 aromatic rings. The predicted molar refractivity (Wildman–Crippen MR) is 104 cm³/mol. The van der Waals surface area contributed by atoms with Gasteiger partial charge in [0.05, 0.1) is 19.3 Å². The van der Waals surface area contributed by atoms with Gasteiger partial charge in [-0.2, -0.15) is 0 Å². The van der Waals surface area contributed by atoms with E-state index in [0.717, 1.165) is 23.6 Å². The molecular weight excluding hydrogens is 296 g/mol. The minimum absolute atomic E-state index is 0.819. The van der Waals surface area contributed by atoms with E-state index in [1.54, 1.807) is 6.20 Å². The van der Waals surface area contributed by atoms with E-state index in [2.05, 4.69) is 18.7 Å². The first-order chi connectivity index (χ1) is 11.8. The van der Waals surface area contributed by atoms with Gasteiger partial charge in [0.2, 0.25) is 0 Å². The summed E-state index contributed by atoms with van der Waals surface area (Å²) in [5, 5.41) is 12.1. The first-order valence-corrected chi connectivity index (χ1v) is 10.2. The summed E-state index contributed by atoms with van der Waals surface area (Å²) >= 11 is 0. The second kappa shape index (κ2) is 14.1. The van der Waals surface area contributed by atoms with Gasteiger partial charge in [-0.15, -0.1) is 0 Å². The van der Waals surface area contributed by atoms with E-state index < -0.39 is 0 Å². The van der Waals surface area contributed by atoms with Crippen LogP contribution in [0.25, 0.3) is 0 Å². The number of hydrogen-bond donors (Lipinski definition) is 0. The van der Waals surface area contributed by atoms with Gasteiger partial charge in [0.25, 0.3) is 5.82 Å². The van der Waals surface area contributed by atoms with Crippen LogP contribution in [0.3, 0.4) is 0 Å². The van der Waals surface area contributed by atoms with Gasteiger partial charge < -0.3 is 5.21 Å². The second-order valence-electron chi connectivity index (χ2n) is 6.91. The largest absolute Gasteiger partial charge is 0.711 e. The van der Waals surface area contributed by atoms with Crippen molar-refractivity contribution in [1.82, 2.24) is 0 Å². The Morgan fingerprint density at radius 3 is 1.75 bits per heavy atom. The molecule has 0 bridgehead atoms. The molecule has 1 aromatic heterocycles. The van der Waals surface area contributed by atoms with Crippen LogP contribution in [0.1, 0.15) is 90.9 Å². The minimum Gasteiger partial charge on any atom is -0.711 e. The van der Waals surface area contributed by atoms with E-state index in [9.17, 15) is 5.21 Å². The number of unbranched alkanes of at least 4 members (excludes halogenated alkanes) is 10. The summed E-state index contributed by atoms with van der Waals surface area (Å²) in [5.74, 6) is 0.819. The lowest BCUT2D eigenvalue weighted by atomic mass is 10.1. The normalized spacial score (nSPS) is 10.9. The highest BCUT2D eigenvalue weighted by molar-refractivity contribution is 5.32. The van der Waals surface area contributed by atoms with Gasteiger partial charge in [-0.05, 0) is 31.7 Å². The molecular formula is C21H38N2O. The summed E-state index contributed by atoms with van der Waals surface area (Å²) in [6.45, 7) is 6.52. The van der Waals surface area contributed by atoms with Gasteiger partial charge in [0, 0.05) is 6.07 Å². The Morgan fingerprint density at radius 2 is 1.25 bits per heavy atom. The monoisotopic (exact) mass is 334 g/mol. The first kappa shape index (κ1) is 20.8. The number of hydrogen-bond acceptors (Lipinski definition) is 2. The van der Waals surface area contributed by atoms with Gasteiger partial charge in [-0.25, -0.2) is 4.73 Å². The lowest BCUT2D eigenvalue weighted by Gasteiger charge is -2.21. The maximum absolute atomic E-state index is 12.1. The molecule has 0 spiro atoms. The van der Waals surface area contributed by atoms with Gasteiger partial charge in [-0.1, -0.05) is 71.3 Å². The molecule has 0 radical (unpaired) electrons. The van der Waals surface area contributed by atoms with Gasteiger partial charge in [0.1, 0.15) is 0 Å². The standard InChI is InChI=1S/C21H38N2O/c1-3-5-7-9-11-14-18-22(19-15-12-10-8-6-4-2)21-17-13-16-20-23(21)24/h13,16-17,20H,3-12,14-15,18-19H2,1-2H3. The number of aromatic nitrogens is 1. The highest BCUT2D eigenvalue weighted by Crippen LogP contribution is 2.13.